The van der Waals surface area contributed by atoms with Crippen molar-refractivity contribution < 1.29 is 0 Å². The molecule has 0 atom stereocenters. The summed E-state index contributed by atoms with van der Waals surface area (Å²) in [6, 6.07) is 0. The Morgan fingerprint density at radius 3 is 2.71 bits per heavy atom. The fourth-order valence-electron chi connectivity index (χ4n) is 0.815. The van der Waals surface area contributed by atoms with Crippen molar-refractivity contribution in [1.82, 2.24) is 15.3 Å². The van der Waals surface area contributed by atoms with E-state index in [1.54, 1.807) is 0 Å². The van der Waals surface area contributed by atoms with E-state index in [1.807, 2.05) is 4.98 Å². The van der Waals surface area contributed by atoms with Crippen LogP contribution in [0.3, 0.4) is 0 Å². The van der Waals surface area contributed by atoms with E-state index < -0.39 is 11.2 Å². The van der Waals surface area contributed by atoms with Crippen LogP contribution in [0.25, 0.3) is 0 Å². The molecule has 1 aromatic rings. The summed E-state index contributed by atoms with van der Waals surface area (Å²) in [4.78, 5) is 26.2. The third-order valence-electron chi connectivity index (χ3n) is 1.40. The van der Waals surface area contributed by atoms with E-state index in [1.165, 1.54) is 0 Å². The molecule has 0 amide bonds. The first kappa shape index (κ1) is 10.7. The van der Waals surface area contributed by atoms with Gasteiger partial charge in [-0.15, -0.1) is 0 Å². The Morgan fingerprint density at radius 2 is 2.14 bits per heavy atom. The molecule has 0 aromatic carbocycles. The molecule has 1 rings (SSSR count). The van der Waals surface area contributed by atoms with Gasteiger partial charge < -0.3 is 16.0 Å². The highest BCUT2D eigenvalue weighted by Gasteiger charge is 2.05. The van der Waals surface area contributed by atoms with Gasteiger partial charge in [-0.3, -0.25) is 9.78 Å². The quantitative estimate of drug-likeness (QED) is 0.494. The van der Waals surface area contributed by atoms with E-state index in [9.17, 15) is 9.59 Å². The fraction of sp³-hybridized carbons (Fsp3) is 0.167. The minimum absolute atomic E-state index is 0.0576. The van der Waals surface area contributed by atoms with Gasteiger partial charge >= 0.3 is 5.69 Å². The number of hydrogen-bond donors (Lipinski definition) is 4. The lowest BCUT2D eigenvalue weighted by atomic mass is 10.4. The highest BCUT2D eigenvalue weighted by atomic mass is 35.5. The van der Waals surface area contributed by atoms with Crippen LogP contribution in [0.4, 0.5) is 0 Å². The number of halogens is 1. The molecule has 8 heteroatoms. The van der Waals surface area contributed by atoms with Gasteiger partial charge in [0.15, 0.2) is 5.11 Å². The van der Waals surface area contributed by atoms with Crippen molar-refractivity contribution >= 4 is 28.9 Å². The summed E-state index contributed by atoms with van der Waals surface area (Å²) >= 11 is 10.2. The van der Waals surface area contributed by atoms with Gasteiger partial charge in [-0.1, -0.05) is 11.6 Å². The van der Waals surface area contributed by atoms with Crippen molar-refractivity contribution in [2.24, 2.45) is 5.73 Å². The number of rotatable bonds is 2. The second-order valence-corrected chi connectivity index (χ2v) is 3.24. The number of aromatic amines is 2. The first-order valence-electron chi connectivity index (χ1n) is 3.55. The maximum atomic E-state index is 11.0. The molecule has 0 saturated carbocycles. The Balaban J connectivity index is 3.03. The molecule has 1 heterocycles. The minimum Gasteiger partial charge on any atom is -0.376 e. The number of aromatic nitrogens is 2. The second kappa shape index (κ2) is 4.25. The van der Waals surface area contributed by atoms with Gasteiger partial charge in [0.1, 0.15) is 5.02 Å². The summed E-state index contributed by atoms with van der Waals surface area (Å²) in [7, 11) is 0. The molecule has 0 radical (unpaired) electrons. The Labute approximate surface area is 88.5 Å². The van der Waals surface area contributed by atoms with E-state index in [2.05, 4.69) is 22.5 Å². The Hall–Kier alpha value is -1.34. The molecule has 5 N–H and O–H groups in total. The maximum Gasteiger partial charge on any atom is 0.326 e. The highest BCUT2D eigenvalue weighted by molar-refractivity contribution is 7.80. The molecular formula is C6H7ClN4O2S. The molecule has 0 fully saturated rings. The molecule has 0 saturated heterocycles. The number of nitrogens with one attached hydrogen (secondary N) is 3. The lowest BCUT2D eigenvalue weighted by molar-refractivity contribution is 0.844. The summed E-state index contributed by atoms with van der Waals surface area (Å²) in [6.07, 6.45) is 0. The average Bonchev–Trinajstić information content (AvgIpc) is 2.08. The lowest BCUT2D eigenvalue weighted by Crippen LogP contribution is -2.32. The van der Waals surface area contributed by atoms with Crippen molar-refractivity contribution in [3.63, 3.8) is 0 Å². The van der Waals surface area contributed by atoms with E-state index in [0.29, 0.717) is 0 Å². The lowest BCUT2D eigenvalue weighted by Gasteiger charge is -2.04. The third-order valence-corrected chi connectivity index (χ3v) is 1.94. The molecule has 14 heavy (non-hydrogen) atoms. The standard InChI is InChI=1S/C6H7ClN4O2S/c7-3-2(1-9-5(8)14)10-6(13)11-4(3)12/h1H2,(H3,8,9,14)(H2,10,11,12,13). The van der Waals surface area contributed by atoms with Crippen LogP contribution in [0.2, 0.25) is 5.02 Å². The van der Waals surface area contributed by atoms with Crippen LogP contribution in [0.1, 0.15) is 5.69 Å². The largest absolute Gasteiger partial charge is 0.376 e. The SMILES string of the molecule is NC(=S)NCc1[nH]c(=O)[nH]c(=O)c1Cl. The minimum atomic E-state index is -0.643. The third kappa shape index (κ3) is 2.57. The monoisotopic (exact) mass is 234 g/mol. The summed E-state index contributed by atoms with van der Waals surface area (Å²) < 4.78 is 0. The summed E-state index contributed by atoms with van der Waals surface area (Å²) in [5, 5.41) is 2.53. The number of hydrogen-bond acceptors (Lipinski definition) is 3. The van der Waals surface area contributed by atoms with Crippen molar-refractivity contribution in [3.8, 4) is 0 Å². The first-order chi connectivity index (χ1) is 6.50. The number of nitrogens with two attached hydrogens (primary N) is 1. The van der Waals surface area contributed by atoms with E-state index in [-0.39, 0.29) is 22.4 Å². The zero-order valence-electron chi connectivity index (χ0n) is 6.89. The van der Waals surface area contributed by atoms with Gasteiger partial charge in [0, 0.05) is 0 Å². The zero-order valence-corrected chi connectivity index (χ0v) is 8.46. The highest BCUT2D eigenvalue weighted by Crippen LogP contribution is 2.03. The zero-order chi connectivity index (χ0) is 10.7. The number of H-pyrrole nitrogens is 2. The normalized spacial score (nSPS) is 9.79. The van der Waals surface area contributed by atoms with Crippen molar-refractivity contribution in [1.29, 1.82) is 0 Å². The van der Waals surface area contributed by atoms with Crippen LogP contribution in [-0.4, -0.2) is 15.1 Å². The first-order valence-corrected chi connectivity index (χ1v) is 4.33. The van der Waals surface area contributed by atoms with Gasteiger partial charge in [-0.2, -0.15) is 0 Å². The predicted molar refractivity (Wildman–Crippen MR) is 56.3 cm³/mol. The number of thiocarbonyl (C=S) groups is 1. The van der Waals surface area contributed by atoms with Gasteiger partial charge in [0.25, 0.3) is 5.56 Å². The van der Waals surface area contributed by atoms with Crippen LogP contribution in [-0.2, 0) is 6.54 Å². The molecular weight excluding hydrogens is 228 g/mol. The molecule has 6 nitrogen and oxygen atoms in total. The Kier molecular flexibility index (Phi) is 3.26. The van der Waals surface area contributed by atoms with Crippen molar-refractivity contribution in [2.75, 3.05) is 0 Å². The second-order valence-electron chi connectivity index (χ2n) is 2.42. The van der Waals surface area contributed by atoms with Gasteiger partial charge in [-0.25, -0.2) is 4.79 Å². The molecule has 0 unspecified atom stereocenters. The Bertz CT molecular complexity index is 466. The molecule has 0 bridgehead atoms. The van der Waals surface area contributed by atoms with E-state index in [4.69, 9.17) is 17.3 Å². The summed E-state index contributed by atoms with van der Waals surface area (Å²) in [6.45, 7) is 0.104. The van der Waals surface area contributed by atoms with Crippen LogP contribution in [0.15, 0.2) is 9.59 Å². The predicted octanol–water partition coefficient (Wildman–Crippen LogP) is -0.950. The van der Waals surface area contributed by atoms with Gasteiger partial charge in [0.05, 0.1) is 12.2 Å². The van der Waals surface area contributed by atoms with Crippen LogP contribution >= 0.6 is 23.8 Å². The molecule has 0 aliphatic carbocycles. The molecule has 0 spiro atoms. The van der Waals surface area contributed by atoms with Crippen LogP contribution in [0.5, 0.6) is 0 Å². The maximum absolute atomic E-state index is 11.0. The molecule has 76 valence electrons. The summed E-state index contributed by atoms with van der Waals surface area (Å²) in [5.74, 6) is 0. The van der Waals surface area contributed by atoms with E-state index >= 15 is 0 Å². The van der Waals surface area contributed by atoms with Crippen molar-refractivity contribution in [2.45, 2.75) is 6.54 Å². The fourth-order valence-corrected chi connectivity index (χ4v) is 1.05. The smallest absolute Gasteiger partial charge is 0.326 e. The average molecular weight is 235 g/mol. The van der Waals surface area contributed by atoms with Crippen molar-refractivity contribution in [3.05, 3.63) is 31.6 Å². The summed E-state index contributed by atoms with van der Waals surface area (Å²) in [5.41, 5.74) is 4.14. The van der Waals surface area contributed by atoms with E-state index in [0.717, 1.165) is 0 Å². The molecule has 0 aliphatic heterocycles. The van der Waals surface area contributed by atoms with Crippen LogP contribution < -0.4 is 22.3 Å². The molecule has 0 aliphatic rings. The molecule has 1 aromatic heterocycles. The van der Waals surface area contributed by atoms with Gasteiger partial charge in [0.2, 0.25) is 0 Å². The van der Waals surface area contributed by atoms with Gasteiger partial charge in [-0.05, 0) is 12.2 Å². The topological polar surface area (TPSA) is 104 Å². The Morgan fingerprint density at radius 1 is 1.50 bits per heavy atom. The van der Waals surface area contributed by atoms with Crippen LogP contribution in [0, 0.1) is 0 Å².